The molecule has 4 nitrogen and oxygen atoms in total. The normalized spacial score (nSPS) is 10.1. The molecule has 0 heterocycles. The Labute approximate surface area is 129 Å². The maximum absolute atomic E-state index is 11.2. The Morgan fingerprint density at radius 3 is 2.43 bits per heavy atom. The number of hydrogen-bond acceptors (Lipinski definition) is 4. The van der Waals surface area contributed by atoms with E-state index < -0.39 is 0 Å². The van der Waals surface area contributed by atoms with E-state index in [2.05, 4.69) is 16.8 Å². The molecule has 0 aromatic heterocycles. The van der Waals surface area contributed by atoms with Crippen LogP contribution in [0.1, 0.15) is 25.3 Å². The van der Waals surface area contributed by atoms with Gasteiger partial charge in [0.1, 0.15) is 0 Å². The molecule has 0 fully saturated rings. The highest BCUT2D eigenvalue weighted by Crippen LogP contribution is 2.29. The molecule has 1 aromatic carbocycles. The SMILES string of the molecule is C=C(C)C(=O)OCCCCc1ccc([Si])c(OC)c1OC. The number of carbonyl (C=O) groups excluding carboxylic acids is 1. The van der Waals surface area contributed by atoms with E-state index in [-0.39, 0.29) is 5.97 Å². The van der Waals surface area contributed by atoms with Crippen molar-refractivity contribution in [2.24, 2.45) is 0 Å². The second kappa shape index (κ2) is 8.52. The molecule has 113 valence electrons. The minimum atomic E-state index is -0.336. The number of ether oxygens (including phenoxy) is 3. The Balaban J connectivity index is 2.52. The van der Waals surface area contributed by atoms with Crippen LogP contribution in [0.2, 0.25) is 0 Å². The van der Waals surface area contributed by atoms with Crippen molar-refractivity contribution in [3.8, 4) is 11.5 Å². The molecule has 0 amide bonds. The summed E-state index contributed by atoms with van der Waals surface area (Å²) in [6, 6.07) is 3.94. The van der Waals surface area contributed by atoms with Crippen LogP contribution in [-0.4, -0.2) is 37.0 Å². The van der Waals surface area contributed by atoms with E-state index in [1.54, 1.807) is 21.1 Å². The van der Waals surface area contributed by atoms with Crippen LogP contribution < -0.4 is 14.7 Å². The summed E-state index contributed by atoms with van der Waals surface area (Å²) in [6.07, 6.45) is 2.51. The summed E-state index contributed by atoms with van der Waals surface area (Å²) < 4.78 is 15.8. The number of esters is 1. The van der Waals surface area contributed by atoms with Crippen molar-refractivity contribution in [1.29, 1.82) is 0 Å². The van der Waals surface area contributed by atoms with Gasteiger partial charge in [0.2, 0.25) is 0 Å². The molecule has 0 N–H and O–H groups in total. The maximum atomic E-state index is 11.2. The highest BCUT2D eigenvalue weighted by molar-refractivity contribution is 6.34. The van der Waals surface area contributed by atoms with Crippen molar-refractivity contribution < 1.29 is 19.0 Å². The molecule has 0 aliphatic heterocycles. The summed E-state index contributed by atoms with van der Waals surface area (Å²) in [6.45, 7) is 5.59. The van der Waals surface area contributed by atoms with Gasteiger partial charge < -0.3 is 14.2 Å². The van der Waals surface area contributed by atoms with Crippen LogP contribution in [0.25, 0.3) is 0 Å². The van der Waals surface area contributed by atoms with E-state index in [1.807, 2.05) is 12.1 Å². The average molecular weight is 305 g/mol. The molecule has 5 heteroatoms. The molecule has 1 aromatic rings. The van der Waals surface area contributed by atoms with Gasteiger partial charge in [-0.2, -0.15) is 0 Å². The van der Waals surface area contributed by atoms with Crippen molar-refractivity contribution in [3.05, 3.63) is 29.8 Å². The summed E-state index contributed by atoms with van der Waals surface area (Å²) in [7, 11) is 6.73. The average Bonchev–Trinajstić information content (AvgIpc) is 2.47. The molecule has 0 aliphatic rings. The van der Waals surface area contributed by atoms with E-state index in [9.17, 15) is 4.79 Å². The number of unbranched alkanes of at least 4 members (excludes halogenated alkanes) is 1. The molecule has 21 heavy (non-hydrogen) atoms. The first kappa shape index (κ1) is 17.3. The van der Waals surface area contributed by atoms with Gasteiger partial charge >= 0.3 is 5.97 Å². The number of aryl methyl sites for hydroxylation is 1. The maximum Gasteiger partial charge on any atom is 0.333 e. The molecular weight excluding hydrogens is 284 g/mol. The molecule has 1 rings (SSSR count). The number of methoxy groups -OCH3 is 2. The summed E-state index contributed by atoms with van der Waals surface area (Å²) in [5.74, 6) is 1.10. The van der Waals surface area contributed by atoms with Gasteiger partial charge in [-0.3, -0.25) is 0 Å². The van der Waals surface area contributed by atoms with Crippen LogP contribution >= 0.6 is 0 Å². The van der Waals surface area contributed by atoms with Gasteiger partial charge in [0.05, 0.1) is 31.1 Å². The minimum Gasteiger partial charge on any atom is -0.493 e. The molecular formula is C16H21O4Si. The van der Waals surface area contributed by atoms with Crippen LogP contribution in [0.4, 0.5) is 0 Å². The van der Waals surface area contributed by atoms with Crippen LogP contribution in [-0.2, 0) is 16.0 Å². The van der Waals surface area contributed by atoms with E-state index in [1.165, 1.54) is 0 Å². The standard InChI is InChI=1S/C16H21O4Si/c1-11(2)16(17)20-10-6-5-7-12-8-9-13(21)15(19-4)14(12)18-3/h8-9H,1,5-7,10H2,2-4H3. The van der Waals surface area contributed by atoms with Gasteiger partial charge in [-0.1, -0.05) is 18.7 Å². The first-order valence-corrected chi connectivity index (χ1v) is 7.29. The quantitative estimate of drug-likeness (QED) is 0.319. The van der Waals surface area contributed by atoms with E-state index >= 15 is 0 Å². The van der Waals surface area contributed by atoms with Gasteiger partial charge in [0.25, 0.3) is 0 Å². The smallest absolute Gasteiger partial charge is 0.333 e. The van der Waals surface area contributed by atoms with Crippen LogP contribution in [0.5, 0.6) is 11.5 Å². The zero-order valence-corrected chi connectivity index (χ0v) is 13.8. The molecule has 0 saturated carbocycles. The minimum absolute atomic E-state index is 0.336. The highest BCUT2D eigenvalue weighted by atomic mass is 28.1. The number of hydrogen-bond donors (Lipinski definition) is 0. The van der Waals surface area contributed by atoms with E-state index in [0.29, 0.717) is 17.9 Å². The Bertz CT molecular complexity index is 511. The van der Waals surface area contributed by atoms with Crippen LogP contribution in [0.3, 0.4) is 0 Å². The first-order valence-electron chi connectivity index (χ1n) is 6.79. The molecule has 0 spiro atoms. The number of carbonyl (C=O) groups is 1. The molecule has 0 atom stereocenters. The summed E-state index contributed by atoms with van der Waals surface area (Å²) in [5.41, 5.74) is 1.50. The number of benzene rings is 1. The Hall–Kier alpha value is -1.75. The van der Waals surface area contributed by atoms with Crippen molar-refractivity contribution >= 4 is 21.4 Å². The van der Waals surface area contributed by atoms with E-state index in [4.69, 9.17) is 14.2 Å². The summed E-state index contributed by atoms with van der Waals surface area (Å²) in [4.78, 5) is 11.2. The van der Waals surface area contributed by atoms with Gasteiger partial charge in [-0.15, -0.1) is 0 Å². The molecule has 0 saturated heterocycles. The van der Waals surface area contributed by atoms with Crippen LogP contribution in [0.15, 0.2) is 24.3 Å². The second-order valence-electron chi connectivity index (χ2n) is 4.71. The zero-order valence-electron chi connectivity index (χ0n) is 12.8. The lowest BCUT2D eigenvalue weighted by molar-refractivity contribution is -0.139. The fourth-order valence-corrected chi connectivity index (χ4v) is 2.23. The Kier molecular flexibility index (Phi) is 7.01. The second-order valence-corrected chi connectivity index (χ2v) is 5.25. The van der Waals surface area contributed by atoms with Crippen molar-refractivity contribution in [1.82, 2.24) is 0 Å². The molecule has 0 bridgehead atoms. The Morgan fingerprint density at radius 1 is 1.19 bits per heavy atom. The predicted molar refractivity (Wildman–Crippen MR) is 83.6 cm³/mol. The van der Waals surface area contributed by atoms with Gasteiger partial charge in [-0.05, 0) is 36.9 Å². The number of rotatable bonds is 8. The topological polar surface area (TPSA) is 44.8 Å². The fourth-order valence-electron chi connectivity index (χ4n) is 1.93. The predicted octanol–water partition coefficient (Wildman–Crippen LogP) is 1.94. The highest BCUT2D eigenvalue weighted by Gasteiger charge is 2.12. The monoisotopic (exact) mass is 305 g/mol. The lowest BCUT2D eigenvalue weighted by Crippen LogP contribution is -2.10. The van der Waals surface area contributed by atoms with Gasteiger partial charge in [-0.25, -0.2) is 4.79 Å². The summed E-state index contributed by atoms with van der Waals surface area (Å²) >= 11 is 0. The lowest BCUT2D eigenvalue weighted by Gasteiger charge is -2.15. The van der Waals surface area contributed by atoms with Gasteiger partial charge in [0.15, 0.2) is 11.5 Å². The summed E-state index contributed by atoms with van der Waals surface area (Å²) in [5, 5.41) is 0.855. The molecule has 3 radical (unpaired) electrons. The van der Waals surface area contributed by atoms with Gasteiger partial charge in [0, 0.05) is 5.57 Å². The Morgan fingerprint density at radius 2 is 1.86 bits per heavy atom. The fraction of sp³-hybridized carbons (Fsp3) is 0.438. The van der Waals surface area contributed by atoms with E-state index in [0.717, 1.165) is 35.8 Å². The molecule has 0 unspecified atom stereocenters. The van der Waals surface area contributed by atoms with Crippen molar-refractivity contribution in [2.75, 3.05) is 20.8 Å². The zero-order chi connectivity index (χ0) is 15.8. The van der Waals surface area contributed by atoms with Crippen molar-refractivity contribution in [2.45, 2.75) is 26.2 Å². The third kappa shape index (κ3) is 4.93. The first-order chi connectivity index (χ1) is 10.0. The van der Waals surface area contributed by atoms with Crippen LogP contribution in [0, 0.1) is 0 Å². The lowest BCUT2D eigenvalue weighted by atomic mass is 10.1. The third-order valence-corrected chi connectivity index (χ3v) is 3.42. The third-order valence-electron chi connectivity index (χ3n) is 3.02. The largest absolute Gasteiger partial charge is 0.493 e. The van der Waals surface area contributed by atoms with Crippen molar-refractivity contribution in [3.63, 3.8) is 0 Å². The molecule has 0 aliphatic carbocycles.